The second-order valence-electron chi connectivity index (χ2n) is 6.90. The van der Waals surface area contributed by atoms with Crippen molar-refractivity contribution in [2.75, 3.05) is 40.0 Å². The van der Waals surface area contributed by atoms with E-state index in [1.165, 1.54) is 13.3 Å². The third kappa shape index (κ3) is 6.06. The summed E-state index contributed by atoms with van der Waals surface area (Å²) >= 11 is 0. The van der Waals surface area contributed by atoms with E-state index >= 15 is 0 Å². The van der Waals surface area contributed by atoms with Crippen molar-refractivity contribution in [1.82, 2.24) is 10.3 Å². The molecule has 1 N–H and O–H groups in total. The Balaban J connectivity index is 1.57. The summed E-state index contributed by atoms with van der Waals surface area (Å²) in [5, 5.41) is 13.2. The number of carbonyl (C=O) groups excluding carboxylic acids is 2. The number of hydrogen-bond donors (Lipinski definition) is 1. The number of ether oxygens (including phenoxy) is 3. The quantitative estimate of drug-likeness (QED) is 0.498. The van der Waals surface area contributed by atoms with E-state index in [4.69, 9.17) is 14.2 Å². The molecule has 2 aromatic rings. The van der Waals surface area contributed by atoms with Crippen molar-refractivity contribution in [3.05, 3.63) is 59.7 Å². The summed E-state index contributed by atoms with van der Waals surface area (Å²) in [5.74, 6) is -0.751. The monoisotopic (exact) mass is 436 g/mol. The standard InChI is InChI=1S/C23H24N4O5/c1-30-21-13-17(7-8-20(21)32-16-22(28)27-9-11-31-12-10-27)15-25-26-23(29)19(14-24)18-5-3-2-4-6-18/h2-8,13,15,19H,9-12,16H2,1H3,(H,26,29)/b25-15-/t19-/m0/s1. The van der Waals surface area contributed by atoms with Gasteiger partial charge in [0.1, 0.15) is 0 Å². The number of morpholine rings is 1. The van der Waals surface area contributed by atoms with Crippen LogP contribution in [0.15, 0.2) is 53.6 Å². The number of nitrogens with zero attached hydrogens (tertiary/aromatic N) is 3. The minimum absolute atomic E-state index is 0.102. The second-order valence-corrected chi connectivity index (χ2v) is 6.90. The number of carbonyl (C=O) groups is 2. The fourth-order valence-electron chi connectivity index (χ4n) is 3.09. The van der Waals surface area contributed by atoms with Crippen LogP contribution in [0.2, 0.25) is 0 Å². The van der Waals surface area contributed by atoms with E-state index in [1.807, 2.05) is 12.1 Å². The fourth-order valence-corrected chi connectivity index (χ4v) is 3.09. The Hall–Kier alpha value is -3.90. The van der Waals surface area contributed by atoms with Crippen LogP contribution in [0.25, 0.3) is 0 Å². The van der Waals surface area contributed by atoms with Crippen LogP contribution in [-0.2, 0) is 14.3 Å². The smallest absolute Gasteiger partial charge is 0.261 e. The second kappa shape index (κ2) is 11.5. The van der Waals surface area contributed by atoms with Crippen LogP contribution in [0, 0.1) is 11.3 Å². The summed E-state index contributed by atoms with van der Waals surface area (Å²) in [6, 6.07) is 15.8. The number of nitriles is 1. The highest BCUT2D eigenvalue weighted by atomic mass is 16.5. The molecule has 1 fully saturated rings. The number of rotatable bonds is 8. The zero-order valence-electron chi connectivity index (χ0n) is 17.7. The van der Waals surface area contributed by atoms with Crippen LogP contribution in [0.1, 0.15) is 17.0 Å². The summed E-state index contributed by atoms with van der Waals surface area (Å²) in [6.45, 7) is 2.06. The molecular formula is C23H24N4O5. The third-order valence-electron chi connectivity index (χ3n) is 4.82. The minimum atomic E-state index is -0.956. The lowest BCUT2D eigenvalue weighted by atomic mass is 10.0. The molecule has 9 heteroatoms. The largest absolute Gasteiger partial charge is 0.493 e. The highest BCUT2D eigenvalue weighted by Gasteiger charge is 2.20. The molecule has 0 saturated carbocycles. The van der Waals surface area contributed by atoms with Gasteiger partial charge in [-0.25, -0.2) is 5.43 Å². The number of hydrazone groups is 1. The molecule has 32 heavy (non-hydrogen) atoms. The Kier molecular flexibility index (Phi) is 8.17. The maximum absolute atomic E-state index is 12.3. The number of nitrogens with one attached hydrogen (secondary N) is 1. The lowest BCUT2D eigenvalue weighted by Crippen LogP contribution is -2.43. The van der Waals surface area contributed by atoms with Crippen LogP contribution < -0.4 is 14.9 Å². The van der Waals surface area contributed by atoms with Crippen molar-refractivity contribution in [3.8, 4) is 17.6 Å². The average molecular weight is 436 g/mol. The molecule has 1 aliphatic heterocycles. The van der Waals surface area contributed by atoms with Crippen LogP contribution in [0.5, 0.6) is 11.5 Å². The van der Waals surface area contributed by atoms with Gasteiger partial charge in [-0.2, -0.15) is 10.4 Å². The van der Waals surface area contributed by atoms with Crippen LogP contribution >= 0.6 is 0 Å². The molecule has 1 saturated heterocycles. The van der Waals surface area contributed by atoms with Gasteiger partial charge in [-0.15, -0.1) is 0 Å². The van der Waals surface area contributed by atoms with E-state index in [9.17, 15) is 14.9 Å². The molecular weight excluding hydrogens is 412 g/mol. The molecule has 0 aromatic heterocycles. The van der Waals surface area contributed by atoms with Crippen LogP contribution in [-0.4, -0.2) is 62.9 Å². The van der Waals surface area contributed by atoms with Crippen molar-refractivity contribution in [3.63, 3.8) is 0 Å². The first-order valence-corrected chi connectivity index (χ1v) is 10.1. The average Bonchev–Trinajstić information content (AvgIpc) is 2.84. The highest BCUT2D eigenvalue weighted by molar-refractivity contribution is 5.88. The van der Waals surface area contributed by atoms with Crippen molar-refractivity contribution in [2.45, 2.75) is 5.92 Å². The number of methoxy groups -OCH3 is 1. The van der Waals surface area contributed by atoms with Crippen molar-refractivity contribution in [2.24, 2.45) is 5.10 Å². The molecule has 0 aliphatic carbocycles. The van der Waals surface area contributed by atoms with Gasteiger partial charge < -0.3 is 19.1 Å². The maximum Gasteiger partial charge on any atom is 0.261 e. The van der Waals surface area contributed by atoms with Gasteiger partial charge in [-0.1, -0.05) is 30.3 Å². The SMILES string of the molecule is COc1cc(/C=N\NC(=O)[C@@H](C#N)c2ccccc2)ccc1OCC(=O)N1CCOCC1. The van der Waals surface area contributed by atoms with E-state index in [-0.39, 0.29) is 12.5 Å². The highest BCUT2D eigenvalue weighted by Crippen LogP contribution is 2.27. The Morgan fingerprint density at radius 1 is 1.22 bits per heavy atom. The van der Waals surface area contributed by atoms with Gasteiger partial charge in [0.15, 0.2) is 24.0 Å². The Labute approximate surface area is 186 Å². The van der Waals surface area contributed by atoms with Gasteiger partial charge in [-0.3, -0.25) is 9.59 Å². The predicted molar refractivity (Wildman–Crippen MR) is 116 cm³/mol. The molecule has 0 bridgehead atoms. The Bertz CT molecular complexity index is 997. The van der Waals surface area contributed by atoms with Gasteiger partial charge >= 0.3 is 0 Å². The zero-order valence-corrected chi connectivity index (χ0v) is 17.7. The first-order valence-electron chi connectivity index (χ1n) is 10.1. The molecule has 166 valence electrons. The summed E-state index contributed by atoms with van der Waals surface area (Å²) in [6.07, 6.45) is 1.43. The topological polar surface area (TPSA) is 113 Å². The van der Waals surface area contributed by atoms with Crippen molar-refractivity contribution in [1.29, 1.82) is 5.26 Å². The van der Waals surface area contributed by atoms with Crippen LogP contribution in [0.4, 0.5) is 0 Å². The van der Waals surface area contributed by atoms with Gasteiger partial charge in [0.05, 0.1) is 32.6 Å². The first-order chi connectivity index (χ1) is 15.6. The summed E-state index contributed by atoms with van der Waals surface area (Å²) < 4.78 is 16.2. The fraction of sp³-hybridized carbons (Fsp3) is 0.304. The molecule has 2 aromatic carbocycles. The van der Waals surface area contributed by atoms with Gasteiger partial charge in [0.2, 0.25) is 0 Å². The first kappa shape index (κ1) is 22.8. The number of benzene rings is 2. The van der Waals surface area contributed by atoms with E-state index in [0.29, 0.717) is 48.9 Å². The van der Waals surface area contributed by atoms with Gasteiger partial charge in [0, 0.05) is 13.1 Å². The van der Waals surface area contributed by atoms with Crippen molar-refractivity contribution < 1.29 is 23.8 Å². The summed E-state index contributed by atoms with van der Waals surface area (Å²) in [4.78, 5) is 26.2. The van der Waals surface area contributed by atoms with E-state index in [1.54, 1.807) is 47.4 Å². The molecule has 1 aliphatic rings. The number of amides is 2. The molecule has 2 amide bonds. The number of hydrogen-bond acceptors (Lipinski definition) is 7. The minimum Gasteiger partial charge on any atom is -0.493 e. The Morgan fingerprint density at radius 3 is 2.66 bits per heavy atom. The molecule has 1 atom stereocenters. The predicted octanol–water partition coefficient (Wildman–Crippen LogP) is 1.69. The zero-order chi connectivity index (χ0) is 22.8. The normalized spacial score (nSPS) is 14.4. The lowest BCUT2D eigenvalue weighted by molar-refractivity contribution is -0.137. The molecule has 0 spiro atoms. The third-order valence-corrected chi connectivity index (χ3v) is 4.82. The maximum atomic E-state index is 12.3. The van der Waals surface area contributed by atoms with Gasteiger partial charge in [-0.05, 0) is 29.3 Å². The summed E-state index contributed by atoms with van der Waals surface area (Å²) in [7, 11) is 1.49. The van der Waals surface area contributed by atoms with Crippen molar-refractivity contribution >= 4 is 18.0 Å². The molecule has 9 nitrogen and oxygen atoms in total. The van der Waals surface area contributed by atoms with Crippen LogP contribution in [0.3, 0.4) is 0 Å². The molecule has 0 unspecified atom stereocenters. The van der Waals surface area contributed by atoms with Gasteiger partial charge in [0.25, 0.3) is 11.8 Å². The molecule has 1 heterocycles. The van der Waals surface area contributed by atoms with E-state index in [0.717, 1.165) is 0 Å². The Morgan fingerprint density at radius 2 is 1.97 bits per heavy atom. The van der Waals surface area contributed by atoms with E-state index < -0.39 is 11.8 Å². The molecule has 0 radical (unpaired) electrons. The lowest BCUT2D eigenvalue weighted by Gasteiger charge is -2.26. The van der Waals surface area contributed by atoms with E-state index in [2.05, 4.69) is 10.5 Å². The summed E-state index contributed by atoms with van der Waals surface area (Å²) in [5.41, 5.74) is 3.62. The molecule has 3 rings (SSSR count).